The lowest BCUT2D eigenvalue weighted by atomic mass is 10.4. The lowest BCUT2D eigenvalue weighted by Gasteiger charge is -1.98. The van der Waals surface area contributed by atoms with Gasteiger partial charge >= 0.3 is 0 Å². The third-order valence-corrected chi connectivity index (χ3v) is 2.41. The minimum atomic E-state index is -0.109. The Morgan fingerprint density at radius 1 is 1.22 bits per heavy atom. The van der Waals surface area contributed by atoms with Crippen LogP contribution in [0.25, 0.3) is 11.7 Å². The Hall–Kier alpha value is -2.63. The monoisotopic (exact) mass is 243 g/mol. The van der Waals surface area contributed by atoms with Gasteiger partial charge in [-0.3, -0.25) is 4.79 Å². The van der Waals surface area contributed by atoms with Crippen LogP contribution in [0.4, 0.5) is 0 Å². The van der Waals surface area contributed by atoms with Crippen LogP contribution < -0.4 is 5.56 Å². The first kappa shape index (κ1) is 10.5. The summed E-state index contributed by atoms with van der Waals surface area (Å²) in [5.41, 5.74) is -0.109. The van der Waals surface area contributed by atoms with E-state index >= 15 is 0 Å². The minimum absolute atomic E-state index is 0.109. The Balaban J connectivity index is 1.87. The second kappa shape index (κ2) is 4.33. The van der Waals surface area contributed by atoms with Crippen molar-refractivity contribution in [2.75, 3.05) is 0 Å². The Morgan fingerprint density at radius 2 is 2.17 bits per heavy atom. The van der Waals surface area contributed by atoms with Crippen LogP contribution in [0.5, 0.6) is 0 Å². The second-order valence-corrected chi connectivity index (χ2v) is 3.66. The van der Waals surface area contributed by atoms with Gasteiger partial charge in [-0.2, -0.15) is 4.98 Å². The maximum atomic E-state index is 11.5. The molecule has 0 aliphatic carbocycles. The van der Waals surface area contributed by atoms with Gasteiger partial charge in [0, 0.05) is 12.3 Å². The molecule has 0 N–H and O–H groups in total. The first-order chi connectivity index (χ1) is 8.83. The van der Waals surface area contributed by atoms with Crippen molar-refractivity contribution >= 4 is 0 Å². The quantitative estimate of drug-likeness (QED) is 0.697. The summed E-state index contributed by atoms with van der Waals surface area (Å²) in [6.45, 7) is 0.268. The molecule has 90 valence electrons. The van der Waals surface area contributed by atoms with E-state index in [1.54, 1.807) is 30.5 Å². The van der Waals surface area contributed by atoms with E-state index in [0.29, 0.717) is 17.5 Å². The third-order valence-electron chi connectivity index (χ3n) is 2.41. The molecule has 3 aromatic heterocycles. The highest BCUT2D eigenvalue weighted by atomic mass is 16.5. The predicted octanol–water partition coefficient (Wildman–Crippen LogP) is 1.54. The molecular weight excluding hydrogens is 234 g/mol. The zero-order chi connectivity index (χ0) is 12.4. The lowest BCUT2D eigenvalue weighted by Crippen LogP contribution is -2.18. The van der Waals surface area contributed by atoms with E-state index < -0.39 is 0 Å². The molecule has 0 aliphatic rings. The minimum Gasteiger partial charge on any atom is -0.459 e. The van der Waals surface area contributed by atoms with Crippen molar-refractivity contribution in [3.8, 4) is 11.7 Å². The summed E-state index contributed by atoms with van der Waals surface area (Å²) in [6, 6.07) is 8.40. The Bertz CT molecular complexity index is 697. The maximum absolute atomic E-state index is 11.5. The molecule has 0 spiro atoms. The van der Waals surface area contributed by atoms with Gasteiger partial charge < -0.3 is 13.5 Å². The zero-order valence-corrected chi connectivity index (χ0v) is 9.31. The lowest BCUT2D eigenvalue weighted by molar-refractivity contribution is 0.407. The van der Waals surface area contributed by atoms with Crippen LogP contribution in [0.1, 0.15) is 5.82 Å². The van der Waals surface area contributed by atoms with Gasteiger partial charge in [-0.1, -0.05) is 11.2 Å². The van der Waals surface area contributed by atoms with E-state index in [4.69, 9.17) is 8.94 Å². The highest BCUT2D eigenvalue weighted by Crippen LogP contribution is 2.16. The molecule has 0 atom stereocenters. The van der Waals surface area contributed by atoms with E-state index in [1.165, 1.54) is 16.9 Å². The summed E-state index contributed by atoms with van der Waals surface area (Å²) in [7, 11) is 0. The molecule has 0 saturated carbocycles. The number of aromatic nitrogens is 3. The van der Waals surface area contributed by atoms with Crippen molar-refractivity contribution in [3.63, 3.8) is 0 Å². The first-order valence-corrected chi connectivity index (χ1v) is 5.35. The molecule has 0 saturated heterocycles. The van der Waals surface area contributed by atoms with Gasteiger partial charge in [0.15, 0.2) is 11.6 Å². The van der Waals surface area contributed by atoms with Crippen molar-refractivity contribution in [3.05, 3.63) is 59.0 Å². The van der Waals surface area contributed by atoms with E-state index in [9.17, 15) is 4.79 Å². The number of nitrogens with zero attached hydrogens (tertiary/aromatic N) is 3. The SMILES string of the molecule is O=c1ccccn1Cc1noc(-c2ccco2)n1. The fourth-order valence-electron chi connectivity index (χ4n) is 1.56. The molecule has 0 fully saturated rings. The van der Waals surface area contributed by atoms with Crippen LogP contribution in [0.2, 0.25) is 0 Å². The molecule has 3 rings (SSSR count). The van der Waals surface area contributed by atoms with Crippen molar-refractivity contribution in [2.24, 2.45) is 0 Å². The largest absolute Gasteiger partial charge is 0.459 e. The van der Waals surface area contributed by atoms with Gasteiger partial charge in [-0.15, -0.1) is 0 Å². The van der Waals surface area contributed by atoms with Gasteiger partial charge in [0.25, 0.3) is 11.4 Å². The summed E-state index contributed by atoms with van der Waals surface area (Å²) in [6.07, 6.45) is 3.20. The van der Waals surface area contributed by atoms with Crippen LogP contribution in [0.15, 0.2) is 56.5 Å². The standard InChI is InChI=1S/C12H9N3O3/c16-11-5-1-2-6-15(11)8-10-13-12(18-14-10)9-4-3-7-17-9/h1-7H,8H2. The van der Waals surface area contributed by atoms with Gasteiger partial charge in [0.1, 0.15) is 0 Å². The van der Waals surface area contributed by atoms with Gasteiger partial charge in [0.2, 0.25) is 0 Å². The van der Waals surface area contributed by atoms with Gasteiger partial charge in [-0.25, -0.2) is 0 Å². The molecule has 0 aromatic carbocycles. The number of rotatable bonds is 3. The van der Waals surface area contributed by atoms with Crippen molar-refractivity contribution in [1.82, 2.24) is 14.7 Å². The second-order valence-electron chi connectivity index (χ2n) is 3.66. The van der Waals surface area contributed by atoms with Crippen molar-refractivity contribution in [2.45, 2.75) is 6.54 Å². The Morgan fingerprint density at radius 3 is 2.94 bits per heavy atom. The van der Waals surface area contributed by atoms with E-state index in [-0.39, 0.29) is 12.1 Å². The summed E-state index contributed by atoms with van der Waals surface area (Å²) < 4.78 is 11.7. The average Bonchev–Trinajstić information content (AvgIpc) is 3.02. The van der Waals surface area contributed by atoms with Crippen LogP contribution in [-0.2, 0) is 6.54 Å². The fraction of sp³-hybridized carbons (Fsp3) is 0.0833. The summed E-state index contributed by atoms with van der Waals surface area (Å²) in [4.78, 5) is 15.7. The third kappa shape index (κ3) is 1.95. The topological polar surface area (TPSA) is 74.1 Å². The molecule has 18 heavy (non-hydrogen) atoms. The van der Waals surface area contributed by atoms with Crippen LogP contribution in [0.3, 0.4) is 0 Å². The van der Waals surface area contributed by atoms with Gasteiger partial charge in [-0.05, 0) is 18.2 Å². The number of pyridine rings is 1. The molecule has 3 aromatic rings. The number of hydrogen-bond acceptors (Lipinski definition) is 5. The van der Waals surface area contributed by atoms with Crippen molar-refractivity contribution < 1.29 is 8.94 Å². The first-order valence-electron chi connectivity index (χ1n) is 5.35. The Kier molecular flexibility index (Phi) is 2.53. The maximum Gasteiger partial charge on any atom is 0.293 e. The fourth-order valence-corrected chi connectivity index (χ4v) is 1.56. The molecule has 0 bridgehead atoms. The Labute approximate surface area is 101 Å². The van der Waals surface area contributed by atoms with Crippen LogP contribution in [-0.4, -0.2) is 14.7 Å². The summed E-state index contributed by atoms with van der Waals surface area (Å²) in [5, 5.41) is 3.80. The zero-order valence-electron chi connectivity index (χ0n) is 9.31. The van der Waals surface area contributed by atoms with E-state index in [2.05, 4.69) is 10.1 Å². The highest BCUT2D eigenvalue weighted by Gasteiger charge is 2.11. The molecule has 6 heteroatoms. The average molecular weight is 243 g/mol. The van der Waals surface area contributed by atoms with E-state index in [1.807, 2.05) is 0 Å². The molecular formula is C12H9N3O3. The number of furan rings is 1. The molecule has 0 amide bonds. The smallest absolute Gasteiger partial charge is 0.293 e. The van der Waals surface area contributed by atoms with Gasteiger partial charge in [0.05, 0.1) is 12.8 Å². The summed E-state index contributed by atoms with van der Waals surface area (Å²) in [5.74, 6) is 1.24. The van der Waals surface area contributed by atoms with Crippen LogP contribution >= 0.6 is 0 Å². The number of hydrogen-bond donors (Lipinski definition) is 0. The van der Waals surface area contributed by atoms with Crippen LogP contribution in [0, 0.1) is 0 Å². The van der Waals surface area contributed by atoms with E-state index in [0.717, 1.165) is 0 Å². The molecule has 6 nitrogen and oxygen atoms in total. The molecule has 0 radical (unpaired) electrons. The molecule has 0 aliphatic heterocycles. The molecule has 0 unspecified atom stereocenters. The summed E-state index contributed by atoms with van der Waals surface area (Å²) >= 11 is 0. The normalized spacial score (nSPS) is 10.7. The predicted molar refractivity (Wildman–Crippen MR) is 61.8 cm³/mol. The highest BCUT2D eigenvalue weighted by molar-refractivity contribution is 5.42. The van der Waals surface area contributed by atoms with Crippen molar-refractivity contribution in [1.29, 1.82) is 0 Å². The molecule has 3 heterocycles.